The zero-order chi connectivity index (χ0) is 25.9. The van der Waals surface area contributed by atoms with Crippen molar-refractivity contribution in [2.75, 3.05) is 7.11 Å². The number of carboxylic acid groups (broad SMARTS) is 1. The van der Waals surface area contributed by atoms with E-state index in [4.69, 9.17) is 19.6 Å². The predicted octanol–water partition coefficient (Wildman–Crippen LogP) is 5.08. The van der Waals surface area contributed by atoms with E-state index in [0.29, 0.717) is 5.92 Å². The Morgan fingerprint density at radius 1 is 1.11 bits per heavy atom. The van der Waals surface area contributed by atoms with Crippen molar-refractivity contribution < 1.29 is 32.6 Å². The number of aromatic nitrogens is 2. The van der Waals surface area contributed by atoms with Crippen LogP contribution in [0.2, 0.25) is 0 Å². The molecule has 0 saturated heterocycles. The van der Waals surface area contributed by atoms with E-state index in [2.05, 4.69) is 16.4 Å². The lowest BCUT2D eigenvalue weighted by Crippen LogP contribution is -2.43. The second kappa shape index (κ2) is 10.2. The van der Waals surface area contributed by atoms with E-state index in [9.17, 15) is 18.0 Å². The van der Waals surface area contributed by atoms with Crippen molar-refractivity contribution in [2.24, 2.45) is 0 Å². The first-order chi connectivity index (χ1) is 17.1. The van der Waals surface area contributed by atoms with Gasteiger partial charge in [-0.05, 0) is 61.9 Å². The number of nitrogens with one attached hydrogen (secondary N) is 2. The van der Waals surface area contributed by atoms with E-state index >= 15 is 0 Å². The van der Waals surface area contributed by atoms with Crippen LogP contribution in [0.5, 0.6) is 5.75 Å². The van der Waals surface area contributed by atoms with Crippen LogP contribution in [0.4, 0.5) is 13.2 Å². The van der Waals surface area contributed by atoms with Gasteiger partial charge in [0.05, 0.1) is 23.6 Å². The van der Waals surface area contributed by atoms with Crippen molar-refractivity contribution in [1.82, 2.24) is 15.3 Å². The van der Waals surface area contributed by atoms with Gasteiger partial charge in [-0.1, -0.05) is 30.7 Å². The lowest BCUT2D eigenvalue weighted by atomic mass is 9.84. The molecule has 36 heavy (non-hydrogen) atoms. The maximum absolute atomic E-state index is 13.2. The van der Waals surface area contributed by atoms with Crippen molar-refractivity contribution in [3.63, 3.8) is 0 Å². The molecule has 0 spiro atoms. The van der Waals surface area contributed by atoms with Crippen LogP contribution < -0.4 is 10.1 Å². The number of amides is 1. The number of halogens is 3. The van der Waals surface area contributed by atoms with Crippen molar-refractivity contribution in [2.45, 2.75) is 62.1 Å². The van der Waals surface area contributed by atoms with E-state index in [-0.39, 0.29) is 17.4 Å². The van der Waals surface area contributed by atoms with E-state index in [0.717, 1.165) is 66.7 Å². The van der Waals surface area contributed by atoms with Gasteiger partial charge in [0.25, 0.3) is 0 Å². The zero-order valence-corrected chi connectivity index (χ0v) is 19.8. The Morgan fingerprint density at radius 2 is 1.78 bits per heavy atom. The highest BCUT2D eigenvalue weighted by molar-refractivity contribution is 5.91. The molecule has 1 heterocycles. The summed E-state index contributed by atoms with van der Waals surface area (Å²) in [6.45, 7) is 0. The Balaban J connectivity index is 0.000000384. The number of H-pyrrole nitrogens is 1. The number of benzene rings is 2. The highest BCUT2D eigenvalue weighted by Crippen LogP contribution is 2.49. The van der Waals surface area contributed by atoms with Crippen LogP contribution in [0.25, 0.3) is 11.0 Å². The number of ether oxygens (including phenoxy) is 1. The third-order valence-electron chi connectivity index (χ3n) is 6.87. The number of rotatable bonds is 5. The number of fused-ring (bicyclic) bond motifs is 1. The fraction of sp³-hybridized carbons (Fsp3) is 0.423. The van der Waals surface area contributed by atoms with Crippen molar-refractivity contribution in [3.8, 4) is 5.75 Å². The standard InChI is InChI=1S/C24H27N3O2.C2HF3O2/c1-29-19-11-9-17(10-12-19)24(13-14-24)23(28)25-18-6-4-5-16(15-18)22-26-20-7-2-3-8-21(20)27-22;3-2(4,5)1(6)7/h2-3,7-12,16,18H,4-6,13-15H2,1H3,(H,25,28)(H,26,27);(H,6,7). The maximum Gasteiger partial charge on any atom is 0.490 e. The van der Waals surface area contributed by atoms with E-state index < -0.39 is 12.1 Å². The van der Waals surface area contributed by atoms with Gasteiger partial charge in [-0.25, -0.2) is 9.78 Å². The van der Waals surface area contributed by atoms with Gasteiger partial charge in [-0.2, -0.15) is 13.2 Å². The Labute approximate surface area is 206 Å². The van der Waals surface area contributed by atoms with Gasteiger partial charge >= 0.3 is 12.1 Å². The van der Waals surface area contributed by atoms with Gasteiger partial charge < -0.3 is 20.1 Å². The number of methoxy groups -OCH3 is 1. The Bertz CT molecular complexity index is 1190. The number of alkyl halides is 3. The largest absolute Gasteiger partial charge is 0.497 e. The van der Waals surface area contributed by atoms with Gasteiger partial charge in [-0.15, -0.1) is 0 Å². The molecule has 2 aromatic carbocycles. The molecule has 1 amide bonds. The Hall–Kier alpha value is -3.56. The minimum absolute atomic E-state index is 0.179. The predicted molar refractivity (Wildman–Crippen MR) is 127 cm³/mol. The fourth-order valence-electron chi connectivity index (χ4n) is 4.74. The Kier molecular flexibility index (Phi) is 7.23. The molecule has 192 valence electrons. The topological polar surface area (TPSA) is 104 Å². The average molecular weight is 504 g/mol. The number of aliphatic carboxylic acids is 1. The summed E-state index contributed by atoms with van der Waals surface area (Å²) in [6, 6.07) is 16.3. The molecule has 2 aliphatic carbocycles. The molecule has 0 bridgehead atoms. The first-order valence-corrected chi connectivity index (χ1v) is 11.8. The molecule has 0 radical (unpaired) electrons. The minimum atomic E-state index is -5.08. The molecule has 10 heteroatoms. The molecule has 3 aromatic rings. The zero-order valence-electron chi connectivity index (χ0n) is 19.8. The molecular formula is C26H28F3N3O4. The number of carboxylic acids is 1. The first kappa shape index (κ1) is 25.5. The van der Waals surface area contributed by atoms with Crippen molar-refractivity contribution >= 4 is 22.9 Å². The van der Waals surface area contributed by atoms with E-state index in [1.807, 2.05) is 42.5 Å². The summed E-state index contributed by atoms with van der Waals surface area (Å²) in [5.74, 6) is -0.324. The number of hydrogen-bond acceptors (Lipinski definition) is 4. The molecule has 2 unspecified atom stereocenters. The molecule has 1 aromatic heterocycles. The summed E-state index contributed by atoms with van der Waals surface area (Å²) in [6.07, 6.45) is 0.985. The molecule has 0 aliphatic heterocycles. The van der Waals surface area contributed by atoms with Crippen LogP contribution >= 0.6 is 0 Å². The molecule has 2 atom stereocenters. The summed E-state index contributed by atoms with van der Waals surface area (Å²) in [4.78, 5) is 30.3. The monoisotopic (exact) mass is 503 g/mol. The lowest BCUT2D eigenvalue weighted by Gasteiger charge is -2.30. The highest BCUT2D eigenvalue weighted by atomic mass is 19.4. The van der Waals surface area contributed by atoms with Gasteiger partial charge in [0.1, 0.15) is 11.6 Å². The molecule has 2 saturated carbocycles. The van der Waals surface area contributed by atoms with Crippen molar-refractivity contribution in [1.29, 1.82) is 0 Å². The summed E-state index contributed by atoms with van der Waals surface area (Å²) >= 11 is 0. The maximum atomic E-state index is 13.2. The minimum Gasteiger partial charge on any atom is -0.497 e. The third-order valence-corrected chi connectivity index (χ3v) is 6.87. The number of nitrogens with zero attached hydrogens (tertiary/aromatic N) is 1. The molecule has 2 aliphatic rings. The highest BCUT2D eigenvalue weighted by Gasteiger charge is 2.51. The fourth-order valence-corrected chi connectivity index (χ4v) is 4.74. The van der Waals surface area contributed by atoms with Crippen LogP contribution in [-0.2, 0) is 15.0 Å². The number of para-hydroxylation sites is 2. The summed E-state index contributed by atoms with van der Waals surface area (Å²) in [7, 11) is 1.66. The van der Waals surface area contributed by atoms with Crippen LogP contribution in [0.15, 0.2) is 48.5 Å². The third kappa shape index (κ3) is 5.63. The molecule has 3 N–H and O–H groups in total. The quantitative estimate of drug-likeness (QED) is 0.451. The molecular weight excluding hydrogens is 475 g/mol. The normalized spacial score (nSPS) is 20.7. The van der Waals surface area contributed by atoms with Crippen LogP contribution in [0.1, 0.15) is 55.8 Å². The number of aromatic amines is 1. The number of imidazole rings is 1. The molecule has 2 fully saturated rings. The van der Waals surface area contributed by atoms with Crippen LogP contribution in [-0.4, -0.2) is 46.3 Å². The molecule has 7 nitrogen and oxygen atoms in total. The molecule has 5 rings (SSSR count). The van der Waals surface area contributed by atoms with E-state index in [1.54, 1.807) is 7.11 Å². The number of carbonyl (C=O) groups excluding carboxylic acids is 1. The van der Waals surface area contributed by atoms with Gasteiger partial charge in [0.15, 0.2) is 0 Å². The lowest BCUT2D eigenvalue weighted by molar-refractivity contribution is -0.192. The average Bonchev–Trinajstić information content (AvgIpc) is 3.56. The number of hydrogen-bond donors (Lipinski definition) is 3. The van der Waals surface area contributed by atoms with E-state index in [1.165, 1.54) is 0 Å². The van der Waals surface area contributed by atoms with Crippen molar-refractivity contribution in [3.05, 3.63) is 59.9 Å². The number of carbonyl (C=O) groups is 2. The van der Waals surface area contributed by atoms with Crippen LogP contribution in [0.3, 0.4) is 0 Å². The summed E-state index contributed by atoms with van der Waals surface area (Å²) in [5, 5.41) is 10.5. The Morgan fingerprint density at radius 3 is 2.36 bits per heavy atom. The first-order valence-electron chi connectivity index (χ1n) is 11.8. The smallest absolute Gasteiger partial charge is 0.490 e. The van der Waals surface area contributed by atoms with Gasteiger partial charge in [0, 0.05) is 12.0 Å². The second-order valence-corrected chi connectivity index (χ2v) is 9.29. The summed E-state index contributed by atoms with van der Waals surface area (Å²) in [5.41, 5.74) is 2.86. The second-order valence-electron chi connectivity index (χ2n) is 9.29. The van der Waals surface area contributed by atoms with Crippen LogP contribution in [0, 0.1) is 0 Å². The van der Waals surface area contributed by atoms with Gasteiger partial charge in [0.2, 0.25) is 5.91 Å². The van der Waals surface area contributed by atoms with Gasteiger partial charge in [-0.3, -0.25) is 4.79 Å². The summed E-state index contributed by atoms with van der Waals surface area (Å²) < 4.78 is 37.0. The SMILES string of the molecule is COc1ccc(C2(C(=O)NC3CCCC(c4nc5ccccc5[nH]4)C3)CC2)cc1.O=C(O)C(F)(F)F.